The van der Waals surface area contributed by atoms with Crippen molar-refractivity contribution >= 4 is 22.6 Å². The first-order chi connectivity index (χ1) is 17.5. The number of piperidine rings is 1. The Bertz CT molecular complexity index is 1280. The highest BCUT2D eigenvalue weighted by Crippen LogP contribution is 2.43. The van der Waals surface area contributed by atoms with E-state index in [1.807, 2.05) is 4.90 Å². The largest absolute Gasteiger partial charge is 0.388 e. The van der Waals surface area contributed by atoms with Gasteiger partial charge in [0.2, 0.25) is 5.91 Å². The molecule has 190 valence electrons. The molecule has 6 nitrogen and oxygen atoms in total. The third-order valence-electron chi connectivity index (χ3n) is 8.42. The second-order valence-electron chi connectivity index (χ2n) is 10.9. The summed E-state index contributed by atoms with van der Waals surface area (Å²) in [5.74, 6) is 0.469. The molecule has 36 heavy (non-hydrogen) atoms. The van der Waals surface area contributed by atoms with Crippen molar-refractivity contribution in [1.82, 2.24) is 10.1 Å². The van der Waals surface area contributed by atoms with Crippen LogP contribution in [0.4, 0.5) is 10.1 Å². The quantitative estimate of drug-likeness (QED) is 0.497. The van der Waals surface area contributed by atoms with Crippen molar-refractivity contribution in [3.05, 3.63) is 58.5 Å². The highest BCUT2D eigenvalue weighted by atomic mass is 19.1. The van der Waals surface area contributed by atoms with Gasteiger partial charge in [0.05, 0.1) is 17.5 Å². The lowest BCUT2D eigenvalue weighted by molar-refractivity contribution is -0.119. The maximum absolute atomic E-state index is 13.5. The smallest absolute Gasteiger partial charge is 0.227 e. The molecule has 3 aliphatic heterocycles. The molecule has 2 aromatic carbocycles. The zero-order valence-corrected chi connectivity index (χ0v) is 20.9. The minimum Gasteiger partial charge on any atom is -0.388 e. The molecule has 0 radical (unpaired) electrons. The Kier molecular flexibility index (Phi) is 6.30. The fraction of sp³-hybridized carbons (Fsp3) is 0.517. The number of aliphatic hydroxyl groups is 1. The minimum atomic E-state index is -0.480. The molecule has 3 aliphatic rings. The Labute approximate surface area is 211 Å². The highest BCUT2D eigenvalue weighted by molar-refractivity contribution is 5.98. The normalized spacial score (nSPS) is 21.7. The Hall–Kier alpha value is -2.77. The summed E-state index contributed by atoms with van der Waals surface area (Å²) in [6.07, 6.45) is 5.72. The fourth-order valence-corrected chi connectivity index (χ4v) is 6.43. The molecule has 1 amide bonds. The molecular weight excluding hydrogens is 457 g/mol. The summed E-state index contributed by atoms with van der Waals surface area (Å²) in [6, 6.07) is 8.94. The molecule has 1 saturated heterocycles. The third-order valence-corrected chi connectivity index (χ3v) is 8.42. The van der Waals surface area contributed by atoms with Crippen LogP contribution in [0.1, 0.15) is 85.8 Å². The first-order valence-corrected chi connectivity index (χ1v) is 13.4. The lowest BCUT2D eigenvalue weighted by Gasteiger charge is -2.38. The first-order valence-electron chi connectivity index (χ1n) is 13.4. The maximum Gasteiger partial charge on any atom is 0.227 e. The monoisotopic (exact) mass is 491 g/mol. The van der Waals surface area contributed by atoms with Crippen LogP contribution in [0.15, 0.2) is 34.9 Å². The molecule has 2 unspecified atom stereocenters. The number of hydrogen-bond donors (Lipinski definition) is 1. The van der Waals surface area contributed by atoms with E-state index in [4.69, 9.17) is 4.52 Å². The number of rotatable bonds is 6. The van der Waals surface area contributed by atoms with Crippen LogP contribution < -0.4 is 4.90 Å². The van der Waals surface area contributed by atoms with Crippen LogP contribution in [0.3, 0.4) is 0 Å². The first kappa shape index (κ1) is 23.6. The molecule has 2 atom stereocenters. The number of carbonyl (C=O) groups is 1. The number of fused-ring (bicyclic) bond motifs is 1. The number of aromatic nitrogens is 1. The standard InChI is InChI=1S/C29H34FN3O3/c1-18-14-27(35)33-11-2-4-20-15-21(16-24(18)29(20)33)25(34)5-3-10-32-12-8-19(9-13-32)28-23-7-6-22(30)17-26(23)36-31-28/h6-7,15-19,25,34H,2-5,8-14H2,1H3. The number of amides is 1. The van der Waals surface area contributed by atoms with Gasteiger partial charge in [0, 0.05) is 30.3 Å². The summed E-state index contributed by atoms with van der Waals surface area (Å²) >= 11 is 0. The van der Waals surface area contributed by atoms with Gasteiger partial charge in [-0.25, -0.2) is 4.39 Å². The molecule has 0 spiro atoms. The van der Waals surface area contributed by atoms with Gasteiger partial charge in [-0.1, -0.05) is 24.2 Å². The number of anilines is 1. The average Bonchev–Trinajstić information content (AvgIpc) is 3.30. The fourth-order valence-electron chi connectivity index (χ4n) is 6.43. The predicted octanol–water partition coefficient (Wildman–Crippen LogP) is 5.45. The predicted molar refractivity (Wildman–Crippen MR) is 137 cm³/mol. The molecule has 1 N–H and O–H groups in total. The SMILES string of the molecule is CC1CC(=O)N2CCCc3cc(C(O)CCCN4CCC(c5noc6cc(F)ccc56)CC4)cc1c32. The summed E-state index contributed by atoms with van der Waals surface area (Å²) in [7, 11) is 0. The van der Waals surface area contributed by atoms with E-state index in [0.717, 1.165) is 87.0 Å². The van der Waals surface area contributed by atoms with Crippen molar-refractivity contribution in [1.29, 1.82) is 0 Å². The average molecular weight is 492 g/mol. The van der Waals surface area contributed by atoms with Gasteiger partial charge in [-0.3, -0.25) is 4.79 Å². The van der Waals surface area contributed by atoms with E-state index in [0.29, 0.717) is 17.9 Å². The van der Waals surface area contributed by atoms with E-state index >= 15 is 0 Å². The van der Waals surface area contributed by atoms with Gasteiger partial charge in [0.1, 0.15) is 5.82 Å². The van der Waals surface area contributed by atoms with Gasteiger partial charge in [0.15, 0.2) is 5.58 Å². The topological polar surface area (TPSA) is 69.8 Å². The zero-order chi connectivity index (χ0) is 24.8. The molecule has 1 fully saturated rings. The molecule has 0 aliphatic carbocycles. The molecular formula is C29H34FN3O3. The van der Waals surface area contributed by atoms with Crippen LogP contribution in [-0.2, 0) is 11.2 Å². The van der Waals surface area contributed by atoms with E-state index in [1.165, 1.54) is 23.3 Å². The van der Waals surface area contributed by atoms with E-state index in [9.17, 15) is 14.3 Å². The molecule has 6 rings (SSSR count). The van der Waals surface area contributed by atoms with E-state index in [1.54, 1.807) is 6.07 Å². The van der Waals surface area contributed by atoms with Crippen LogP contribution in [0.2, 0.25) is 0 Å². The molecule has 1 aromatic heterocycles. The summed E-state index contributed by atoms with van der Waals surface area (Å²) in [5.41, 5.74) is 6.04. The molecule has 0 bridgehead atoms. The highest BCUT2D eigenvalue weighted by Gasteiger charge is 2.34. The number of halogens is 1. The number of likely N-dealkylation sites (tertiary alicyclic amines) is 1. The lowest BCUT2D eigenvalue weighted by Crippen LogP contribution is -2.40. The second kappa shape index (κ2) is 9.60. The van der Waals surface area contributed by atoms with Crippen LogP contribution in [-0.4, -0.2) is 47.2 Å². The van der Waals surface area contributed by atoms with Crippen LogP contribution >= 0.6 is 0 Å². The third kappa shape index (κ3) is 4.33. The number of nitrogens with zero attached hydrogens (tertiary/aromatic N) is 3. The summed E-state index contributed by atoms with van der Waals surface area (Å²) in [6.45, 7) is 5.88. The van der Waals surface area contributed by atoms with Gasteiger partial charge < -0.3 is 19.4 Å². The molecule has 0 saturated carbocycles. The summed E-state index contributed by atoms with van der Waals surface area (Å²) < 4.78 is 18.8. The van der Waals surface area contributed by atoms with Gasteiger partial charge in [-0.2, -0.15) is 0 Å². The second-order valence-corrected chi connectivity index (χ2v) is 10.9. The summed E-state index contributed by atoms with van der Waals surface area (Å²) in [4.78, 5) is 16.9. The Morgan fingerprint density at radius 2 is 2.03 bits per heavy atom. The number of hydrogen-bond acceptors (Lipinski definition) is 5. The van der Waals surface area contributed by atoms with Crippen LogP contribution in [0, 0.1) is 5.82 Å². The van der Waals surface area contributed by atoms with Crippen molar-refractivity contribution < 1.29 is 18.8 Å². The van der Waals surface area contributed by atoms with Gasteiger partial charge in [0.25, 0.3) is 0 Å². The van der Waals surface area contributed by atoms with Gasteiger partial charge >= 0.3 is 0 Å². The number of benzene rings is 2. The van der Waals surface area contributed by atoms with E-state index in [2.05, 4.69) is 29.1 Å². The van der Waals surface area contributed by atoms with Gasteiger partial charge in [-0.05, 0) is 92.9 Å². The van der Waals surface area contributed by atoms with Crippen LogP contribution in [0.25, 0.3) is 11.0 Å². The maximum atomic E-state index is 13.5. The van der Waals surface area contributed by atoms with Crippen LogP contribution in [0.5, 0.6) is 0 Å². The van der Waals surface area contributed by atoms with Gasteiger partial charge in [-0.15, -0.1) is 0 Å². The molecule has 7 heteroatoms. The Morgan fingerprint density at radius 1 is 1.19 bits per heavy atom. The van der Waals surface area contributed by atoms with E-state index in [-0.39, 0.29) is 17.6 Å². The van der Waals surface area contributed by atoms with Crippen molar-refractivity contribution in [2.24, 2.45) is 0 Å². The zero-order valence-electron chi connectivity index (χ0n) is 20.9. The van der Waals surface area contributed by atoms with Crippen molar-refractivity contribution in [2.75, 3.05) is 31.1 Å². The molecule has 4 heterocycles. The van der Waals surface area contributed by atoms with Crippen molar-refractivity contribution in [2.45, 2.75) is 69.8 Å². The molecule has 3 aromatic rings. The minimum absolute atomic E-state index is 0.204. The van der Waals surface area contributed by atoms with Crippen molar-refractivity contribution in [3.8, 4) is 0 Å². The number of aliphatic hydroxyl groups excluding tert-OH is 1. The Morgan fingerprint density at radius 3 is 2.86 bits per heavy atom. The number of aryl methyl sites for hydroxylation is 1. The van der Waals surface area contributed by atoms with E-state index < -0.39 is 6.10 Å². The Balaban J connectivity index is 1.04. The van der Waals surface area contributed by atoms with Crippen molar-refractivity contribution in [3.63, 3.8) is 0 Å². The summed E-state index contributed by atoms with van der Waals surface area (Å²) in [5, 5.41) is 16.2. The lowest BCUT2D eigenvalue weighted by atomic mass is 9.83. The number of carbonyl (C=O) groups excluding carboxylic acids is 1.